The number of aromatic nitrogens is 2. The quantitative estimate of drug-likeness (QED) is 0.490. The first-order valence-corrected chi connectivity index (χ1v) is 7.85. The first-order chi connectivity index (χ1) is 11.2. The first-order valence-electron chi connectivity index (χ1n) is 7.85. The molecule has 0 spiro atoms. The van der Waals surface area contributed by atoms with Crippen LogP contribution in [0.4, 0.5) is 0 Å². The van der Waals surface area contributed by atoms with E-state index in [0.717, 1.165) is 11.4 Å². The highest BCUT2D eigenvalue weighted by atomic mass is 15.3. The number of nitrogens with zero attached hydrogens (tertiary/aromatic N) is 2. The van der Waals surface area contributed by atoms with Gasteiger partial charge in [0, 0.05) is 10.9 Å². The summed E-state index contributed by atoms with van der Waals surface area (Å²) < 4.78 is 2.06. The van der Waals surface area contributed by atoms with E-state index >= 15 is 0 Å². The Labute approximate surface area is 136 Å². The molecule has 23 heavy (non-hydrogen) atoms. The van der Waals surface area contributed by atoms with Crippen LogP contribution in [0.15, 0.2) is 72.8 Å². The number of hydrogen-bond acceptors (Lipinski definition) is 1. The molecule has 1 heterocycles. The maximum atomic E-state index is 4.80. The molecule has 0 atom stereocenters. The van der Waals surface area contributed by atoms with E-state index in [4.69, 9.17) is 5.10 Å². The molecule has 0 saturated carbocycles. The number of para-hydroxylation sites is 1. The van der Waals surface area contributed by atoms with Gasteiger partial charge >= 0.3 is 0 Å². The zero-order valence-corrected chi connectivity index (χ0v) is 13.3. The first kappa shape index (κ1) is 13.8. The molecular weight excluding hydrogens is 280 g/mol. The van der Waals surface area contributed by atoms with E-state index in [1.54, 1.807) is 0 Å². The van der Waals surface area contributed by atoms with E-state index in [-0.39, 0.29) is 0 Å². The summed E-state index contributed by atoms with van der Waals surface area (Å²) in [6.07, 6.45) is 0. The Balaban J connectivity index is 2.10. The van der Waals surface area contributed by atoms with Gasteiger partial charge in [-0.2, -0.15) is 5.10 Å². The Bertz CT molecular complexity index is 967. The van der Waals surface area contributed by atoms with Gasteiger partial charge in [0.25, 0.3) is 0 Å². The molecule has 0 aliphatic rings. The second-order valence-electron chi connectivity index (χ2n) is 5.91. The second-order valence-corrected chi connectivity index (χ2v) is 5.91. The Hall–Kier alpha value is -2.87. The molecule has 2 heteroatoms. The van der Waals surface area contributed by atoms with Gasteiger partial charge in [-0.05, 0) is 49.2 Å². The molecule has 0 radical (unpaired) electrons. The molecule has 0 bridgehead atoms. The van der Waals surface area contributed by atoms with Crippen LogP contribution in [-0.4, -0.2) is 9.78 Å². The maximum Gasteiger partial charge on any atom is 0.0822 e. The summed E-state index contributed by atoms with van der Waals surface area (Å²) in [6, 6.07) is 25.3. The van der Waals surface area contributed by atoms with Crippen LogP contribution in [0, 0.1) is 13.8 Å². The van der Waals surface area contributed by atoms with Gasteiger partial charge < -0.3 is 0 Å². The van der Waals surface area contributed by atoms with Crippen LogP contribution in [0.1, 0.15) is 11.3 Å². The highest BCUT2D eigenvalue weighted by Crippen LogP contribution is 2.33. The zero-order valence-electron chi connectivity index (χ0n) is 13.3. The monoisotopic (exact) mass is 298 g/mol. The highest BCUT2D eigenvalue weighted by Gasteiger charge is 2.14. The summed E-state index contributed by atoms with van der Waals surface area (Å²) in [4.78, 5) is 0. The van der Waals surface area contributed by atoms with Crippen molar-refractivity contribution in [2.45, 2.75) is 13.8 Å². The lowest BCUT2D eigenvalue weighted by atomic mass is 9.99. The molecule has 0 aliphatic heterocycles. The van der Waals surface area contributed by atoms with Crippen LogP contribution in [0.2, 0.25) is 0 Å². The maximum absolute atomic E-state index is 4.80. The van der Waals surface area contributed by atoms with Gasteiger partial charge in [0.05, 0.1) is 16.9 Å². The van der Waals surface area contributed by atoms with E-state index in [2.05, 4.69) is 85.3 Å². The fourth-order valence-corrected chi connectivity index (χ4v) is 3.13. The molecular formula is C21H18N2. The summed E-state index contributed by atoms with van der Waals surface area (Å²) >= 11 is 0. The fourth-order valence-electron chi connectivity index (χ4n) is 3.13. The molecule has 4 aromatic rings. The predicted octanol–water partition coefficient (Wildman–Crippen LogP) is 5.31. The minimum absolute atomic E-state index is 1.06. The van der Waals surface area contributed by atoms with Gasteiger partial charge in [0.1, 0.15) is 0 Å². The summed E-state index contributed by atoms with van der Waals surface area (Å²) in [7, 11) is 0. The highest BCUT2D eigenvalue weighted by molar-refractivity contribution is 5.97. The Morgan fingerprint density at radius 3 is 2.13 bits per heavy atom. The number of aryl methyl sites for hydroxylation is 2. The van der Waals surface area contributed by atoms with E-state index in [9.17, 15) is 0 Å². The van der Waals surface area contributed by atoms with Crippen molar-refractivity contribution < 1.29 is 0 Å². The molecule has 0 N–H and O–H groups in total. The van der Waals surface area contributed by atoms with Gasteiger partial charge in [-0.1, -0.05) is 48.5 Å². The molecule has 0 saturated heterocycles. The molecule has 0 fully saturated rings. The normalized spacial score (nSPS) is 11.0. The molecule has 0 amide bonds. The summed E-state index contributed by atoms with van der Waals surface area (Å²) in [5, 5.41) is 6.02. The van der Waals surface area contributed by atoms with Crippen molar-refractivity contribution in [3.05, 3.63) is 84.1 Å². The zero-order chi connectivity index (χ0) is 15.8. The van der Waals surface area contributed by atoms with Gasteiger partial charge in [-0.15, -0.1) is 0 Å². The molecule has 1 aromatic heterocycles. The predicted molar refractivity (Wildman–Crippen MR) is 96.0 cm³/mol. The van der Waals surface area contributed by atoms with Crippen LogP contribution in [-0.2, 0) is 0 Å². The number of rotatable bonds is 2. The summed E-state index contributed by atoms with van der Waals surface area (Å²) in [5.41, 5.74) is 7.03. The average molecular weight is 298 g/mol. The lowest BCUT2D eigenvalue weighted by Gasteiger charge is -2.10. The Morgan fingerprint density at radius 1 is 0.783 bits per heavy atom. The summed E-state index contributed by atoms with van der Waals surface area (Å²) in [6.45, 7) is 4.22. The molecule has 3 aromatic carbocycles. The van der Waals surface area contributed by atoms with Gasteiger partial charge in [-0.3, -0.25) is 0 Å². The van der Waals surface area contributed by atoms with Crippen molar-refractivity contribution in [1.29, 1.82) is 0 Å². The SMILES string of the molecule is Cc1cc(-c2ccccc2)c2c(c1)c(C)nn2-c1ccccc1. The van der Waals surface area contributed by atoms with Crippen molar-refractivity contribution in [3.8, 4) is 16.8 Å². The van der Waals surface area contributed by atoms with Crippen molar-refractivity contribution in [1.82, 2.24) is 9.78 Å². The summed E-state index contributed by atoms with van der Waals surface area (Å²) in [5.74, 6) is 0. The van der Waals surface area contributed by atoms with Crippen molar-refractivity contribution in [3.63, 3.8) is 0 Å². The average Bonchev–Trinajstić information content (AvgIpc) is 2.93. The van der Waals surface area contributed by atoms with Crippen LogP contribution >= 0.6 is 0 Å². The number of hydrogen-bond donors (Lipinski definition) is 0. The molecule has 112 valence electrons. The number of benzene rings is 3. The van der Waals surface area contributed by atoms with E-state index in [1.807, 2.05) is 6.07 Å². The van der Waals surface area contributed by atoms with E-state index < -0.39 is 0 Å². The Kier molecular flexibility index (Phi) is 3.23. The third-order valence-electron chi connectivity index (χ3n) is 4.19. The van der Waals surface area contributed by atoms with Crippen molar-refractivity contribution in [2.24, 2.45) is 0 Å². The van der Waals surface area contributed by atoms with Gasteiger partial charge in [0.2, 0.25) is 0 Å². The smallest absolute Gasteiger partial charge is 0.0822 e. The molecule has 2 nitrogen and oxygen atoms in total. The topological polar surface area (TPSA) is 17.8 Å². The lowest BCUT2D eigenvalue weighted by Crippen LogP contribution is -1.97. The minimum Gasteiger partial charge on any atom is -0.232 e. The van der Waals surface area contributed by atoms with Gasteiger partial charge in [0.15, 0.2) is 0 Å². The second kappa shape index (κ2) is 5.40. The number of fused-ring (bicyclic) bond motifs is 1. The third kappa shape index (κ3) is 2.33. The largest absolute Gasteiger partial charge is 0.232 e. The molecule has 4 rings (SSSR count). The van der Waals surface area contributed by atoms with Crippen LogP contribution < -0.4 is 0 Å². The van der Waals surface area contributed by atoms with E-state index in [0.29, 0.717) is 0 Å². The van der Waals surface area contributed by atoms with Crippen LogP contribution in [0.5, 0.6) is 0 Å². The van der Waals surface area contributed by atoms with Crippen molar-refractivity contribution >= 4 is 10.9 Å². The minimum atomic E-state index is 1.06. The Morgan fingerprint density at radius 2 is 1.43 bits per heavy atom. The molecule has 0 aliphatic carbocycles. The van der Waals surface area contributed by atoms with E-state index in [1.165, 1.54) is 27.6 Å². The fraction of sp³-hybridized carbons (Fsp3) is 0.0952. The van der Waals surface area contributed by atoms with Gasteiger partial charge in [-0.25, -0.2) is 4.68 Å². The molecule has 0 unspecified atom stereocenters. The third-order valence-corrected chi connectivity index (χ3v) is 4.19. The lowest BCUT2D eigenvalue weighted by molar-refractivity contribution is 0.889. The van der Waals surface area contributed by atoms with Crippen molar-refractivity contribution in [2.75, 3.05) is 0 Å². The van der Waals surface area contributed by atoms with Crippen LogP contribution in [0.25, 0.3) is 27.7 Å². The standard InChI is InChI=1S/C21H18N2/c1-15-13-19-16(2)22-23(18-11-7-4-8-12-18)21(19)20(14-15)17-9-5-3-6-10-17/h3-14H,1-2H3. The van der Waals surface area contributed by atoms with Crippen LogP contribution in [0.3, 0.4) is 0 Å².